The molecule has 0 saturated carbocycles. The lowest BCUT2D eigenvalue weighted by Gasteiger charge is -2.20. The van der Waals surface area contributed by atoms with E-state index in [9.17, 15) is 9.59 Å². The normalized spacial score (nSPS) is 10.8. The topological polar surface area (TPSA) is 65.2 Å². The molecule has 0 aliphatic rings. The molecule has 0 radical (unpaired) electrons. The number of halogens is 1. The van der Waals surface area contributed by atoms with Crippen LogP contribution in [0.1, 0.15) is 24.5 Å². The summed E-state index contributed by atoms with van der Waals surface area (Å²) in [5, 5.41) is 4.66. The molecule has 2 aromatic carbocycles. The van der Waals surface area contributed by atoms with Crippen molar-refractivity contribution in [3.8, 4) is 0 Å². The molecule has 3 rings (SSSR count). The maximum Gasteiger partial charge on any atom is 0.222 e. The van der Waals surface area contributed by atoms with Crippen molar-refractivity contribution in [2.24, 2.45) is 0 Å². The summed E-state index contributed by atoms with van der Waals surface area (Å²) in [7, 11) is 0. The standard InChI is InChI=1S/C22H24ClN3O2/c1-16(27)26(12-10-17-14-24-21-9-5-3-7-19(17)21)13-11-22(28)25-15-18-6-2-4-8-20(18)23/h2-9,14,24H,10-13,15H2,1H3,(H,25,28). The third-order valence-corrected chi connectivity index (χ3v) is 5.18. The Hall–Kier alpha value is -2.79. The van der Waals surface area contributed by atoms with Gasteiger partial charge in [0.2, 0.25) is 11.8 Å². The predicted molar refractivity (Wildman–Crippen MR) is 112 cm³/mol. The number of carbonyl (C=O) groups excluding carboxylic acids is 2. The van der Waals surface area contributed by atoms with Gasteiger partial charge in [0.25, 0.3) is 0 Å². The number of benzene rings is 2. The minimum atomic E-state index is -0.0988. The summed E-state index contributed by atoms with van der Waals surface area (Å²) in [6.45, 7) is 2.89. The van der Waals surface area contributed by atoms with Gasteiger partial charge in [-0.05, 0) is 29.7 Å². The van der Waals surface area contributed by atoms with Crippen molar-refractivity contribution >= 4 is 34.3 Å². The van der Waals surface area contributed by atoms with Gasteiger partial charge < -0.3 is 15.2 Å². The first-order valence-corrected chi connectivity index (χ1v) is 9.73. The molecular formula is C22H24ClN3O2. The fourth-order valence-corrected chi connectivity index (χ4v) is 3.38. The molecule has 6 heteroatoms. The van der Waals surface area contributed by atoms with Crippen LogP contribution in [0.25, 0.3) is 10.9 Å². The second kappa shape index (κ2) is 9.42. The molecular weight excluding hydrogens is 374 g/mol. The molecule has 146 valence electrons. The van der Waals surface area contributed by atoms with Crippen molar-refractivity contribution in [1.82, 2.24) is 15.2 Å². The van der Waals surface area contributed by atoms with E-state index in [0.29, 0.717) is 24.7 Å². The van der Waals surface area contributed by atoms with Gasteiger partial charge in [0.1, 0.15) is 0 Å². The maximum absolute atomic E-state index is 12.2. The van der Waals surface area contributed by atoms with Gasteiger partial charge in [-0.15, -0.1) is 0 Å². The summed E-state index contributed by atoms with van der Waals surface area (Å²) in [6, 6.07) is 15.5. The highest BCUT2D eigenvalue weighted by Crippen LogP contribution is 2.18. The van der Waals surface area contributed by atoms with Crippen molar-refractivity contribution in [2.75, 3.05) is 13.1 Å². The fraction of sp³-hybridized carbons (Fsp3) is 0.273. The lowest BCUT2D eigenvalue weighted by Crippen LogP contribution is -2.35. The molecule has 0 spiro atoms. The maximum atomic E-state index is 12.2. The van der Waals surface area contributed by atoms with Gasteiger partial charge in [-0.1, -0.05) is 48.0 Å². The van der Waals surface area contributed by atoms with Crippen LogP contribution in [0, 0.1) is 0 Å². The van der Waals surface area contributed by atoms with E-state index in [2.05, 4.69) is 16.4 Å². The molecule has 5 nitrogen and oxygen atoms in total. The van der Waals surface area contributed by atoms with Crippen molar-refractivity contribution in [3.63, 3.8) is 0 Å². The summed E-state index contributed by atoms with van der Waals surface area (Å²) in [5.74, 6) is -0.128. The lowest BCUT2D eigenvalue weighted by atomic mass is 10.1. The van der Waals surface area contributed by atoms with Gasteiger partial charge in [-0.25, -0.2) is 0 Å². The van der Waals surface area contributed by atoms with E-state index in [0.717, 1.165) is 17.5 Å². The van der Waals surface area contributed by atoms with Crippen molar-refractivity contribution < 1.29 is 9.59 Å². The first-order valence-electron chi connectivity index (χ1n) is 9.35. The van der Waals surface area contributed by atoms with Gasteiger partial charge >= 0.3 is 0 Å². The number of para-hydroxylation sites is 1. The number of nitrogens with one attached hydrogen (secondary N) is 2. The van der Waals surface area contributed by atoms with Crippen LogP contribution in [0.5, 0.6) is 0 Å². The number of hydrogen-bond acceptors (Lipinski definition) is 2. The van der Waals surface area contributed by atoms with Gasteiger partial charge in [0, 0.05) is 55.1 Å². The molecule has 28 heavy (non-hydrogen) atoms. The van der Waals surface area contributed by atoms with Crippen LogP contribution in [0.15, 0.2) is 54.7 Å². The molecule has 0 aliphatic heterocycles. The molecule has 2 N–H and O–H groups in total. The van der Waals surface area contributed by atoms with Crippen LogP contribution in [0.3, 0.4) is 0 Å². The Morgan fingerprint density at radius 2 is 1.79 bits per heavy atom. The molecule has 1 heterocycles. The number of hydrogen-bond donors (Lipinski definition) is 2. The Balaban J connectivity index is 1.50. The quantitative estimate of drug-likeness (QED) is 0.605. The summed E-state index contributed by atoms with van der Waals surface area (Å²) < 4.78 is 0. The van der Waals surface area contributed by atoms with Crippen molar-refractivity contribution in [1.29, 1.82) is 0 Å². The molecule has 0 aliphatic carbocycles. The Morgan fingerprint density at radius 3 is 2.57 bits per heavy atom. The number of nitrogens with zero attached hydrogens (tertiary/aromatic N) is 1. The van der Waals surface area contributed by atoms with E-state index < -0.39 is 0 Å². The molecule has 0 fully saturated rings. The molecule has 1 aromatic heterocycles. The van der Waals surface area contributed by atoms with E-state index in [1.165, 1.54) is 17.9 Å². The van der Waals surface area contributed by atoms with E-state index in [4.69, 9.17) is 11.6 Å². The van der Waals surface area contributed by atoms with E-state index >= 15 is 0 Å². The predicted octanol–water partition coefficient (Wildman–Crippen LogP) is 3.92. The molecule has 0 bridgehead atoms. The number of aromatic amines is 1. The van der Waals surface area contributed by atoms with Crippen LogP contribution in [0.2, 0.25) is 5.02 Å². The van der Waals surface area contributed by atoms with Gasteiger partial charge in [0.05, 0.1) is 0 Å². The number of carbonyl (C=O) groups is 2. The minimum Gasteiger partial charge on any atom is -0.361 e. The molecule has 2 amide bonds. The van der Waals surface area contributed by atoms with Crippen molar-refractivity contribution in [3.05, 3.63) is 70.9 Å². The zero-order chi connectivity index (χ0) is 19.9. The number of aromatic nitrogens is 1. The van der Waals surface area contributed by atoms with E-state index in [1.54, 1.807) is 11.0 Å². The Labute approximate surface area is 169 Å². The number of amides is 2. The number of H-pyrrole nitrogens is 1. The van der Waals surface area contributed by atoms with Gasteiger partial charge in [0.15, 0.2) is 0 Å². The third-order valence-electron chi connectivity index (χ3n) is 4.81. The summed E-state index contributed by atoms with van der Waals surface area (Å²) >= 11 is 6.10. The molecule has 3 aromatic rings. The smallest absolute Gasteiger partial charge is 0.222 e. The minimum absolute atomic E-state index is 0.0289. The highest BCUT2D eigenvalue weighted by molar-refractivity contribution is 6.31. The number of rotatable bonds is 8. The molecule has 0 unspecified atom stereocenters. The summed E-state index contributed by atoms with van der Waals surface area (Å²) in [6.07, 6.45) is 2.99. The highest BCUT2D eigenvalue weighted by atomic mass is 35.5. The monoisotopic (exact) mass is 397 g/mol. The van der Waals surface area contributed by atoms with Crippen LogP contribution < -0.4 is 5.32 Å². The molecule has 0 saturated heterocycles. The Kier molecular flexibility index (Phi) is 6.71. The largest absolute Gasteiger partial charge is 0.361 e. The second-order valence-corrected chi connectivity index (χ2v) is 7.14. The van der Waals surface area contributed by atoms with E-state index in [-0.39, 0.29) is 18.2 Å². The highest BCUT2D eigenvalue weighted by Gasteiger charge is 2.13. The summed E-state index contributed by atoms with van der Waals surface area (Å²) in [5.41, 5.74) is 3.14. The fourth-order valence-electron chi connectivity index (χ4n) is 3.18. The van der Waals surface area contributed by atoms with Crippen LogP contribution in [-0.4, -0.2) is 34.8 Å². The van der Waals surface area contributed by atoms with Crippen LogP contribution in [-0.2, 0) is 22.6 Å². The average Bonchev–Trinajstić information content (AvgIpc) is 3.10. The zero-order valence-electron chi connectivity index (χ0n) is 15.9. The average molecular weight is 398 g/mol. The Bertz CT molecular complexity index is 967. The number of fused-ring (bicyclic) bond motifs is 1. The van der Waals surface area contributed by atoms with E-state index in [1.807, 2.05) is 42.6 Å². The van der Waals surface area contributed by atoms with Gasteiger partial charge in [-0.3, -0.25) is 9.59 Å². The van der Waals surface area contributed by atoms with Crippen LogP contribution in [0.4, 0.5) is 0 Å². The first kappa shape index (κ1) is 20.0. The Morgan fingerprint density at radius 1 is 1.04 bits per heavy atom. The zero-order valence-corrected chi connectivity index (χ0v) is 16.6. The van der Waals surface area contributed by atoms with Crippen LogP contribution >= 0.6 is 11.6 Å². The second-order valence-electron chi connectivity index (χ2n) is 6.73. The van der Waals surface area contributed by atoms with Gasteiger partial charge in [-0.2, -0.15) is 0 Å². The lowest BCUT2D eigenvalue weighted by molar-refractivity contribution is -0.129. The van der Waals surface area contributed by atoms with Crippen molar-refractivity contribution in [2.45, 2.75) is 26.3 Å². The molecule has 0 atom stereocenters. The third kappa shape index (κ3) is 5.14. The summed E-state index contributed by atoms with van der Waals surface area (Å²) in [4.78, 5) is 29.1. The first-order chi connectivity index (χ1) is 13.5. The SMILES string of the molecule is CC(=O)N(CCC(=O)NCc1ccccc1Cl)CCc1c[nH]c2ccccc12.